The zero-order chi connectivity index (χ0) is 22.3. The van der Waals surface area contributed by atoms with Crippen molar-refractivity contribution in [2.75, 3.05) is 12.3 Å². The van der Waals surface area contributed by atoms with E-state index in [0.717, 1.165) is 0 Å². The highest BCUT2D eigenvalue weighted by atomic mass is 35.5. The number of benzene rings is 1. The topological polar surface area (TPSA) is 118 Å². The van der Waals surface area contributed by atoms with Crippen molar-refractivity contribution in [3.05, 3.63) is 58.2 Å². The summed E-state index contributed by atoms with van der Waals surface area (Å²) in [7, 11) is 0. The van der Waals surface area contributed by atoms with Crippen molar-refractivity contribution in [2.24, 2.45) is 0 Å². The summed E-state index contributed by atoms with van der Waals surface area (Å²) < 4.78 is 21.3. The number of hydrogen-bond donors (Lipinski definition) is 4. The molecular formula is C20H20Cl2FN5O3. The zero-order valence-electron chi connectivity index (χ0n) is 16.4. The first-order valence-electron chi connectivity index (χ1n) is 9.47. The van der Waals surface area contributed by atoms with Crippen LogP contribution in [0.1, 0.15) is 31.1 Å². The maximum atomic E-state index is 13.9. The van der Waals surface area contributed by atoms with Gasteiger partial charge in [-0.3, -0.25) is 10.00 Å². The first-order chi connectivity index (χ1) is 14.7. The van der Waals surface area contributed by atoms with E-state index in [1.807, 2.05) is 0 Å². The van der Waals surface area contributed by atoms with Crippen LogP contribution in [0.4, 0.5) is 10.2 Å². The summed E-state index contributed by atoms with van der Waals surface area (Å²) in [4.78, 5) is 4.16. The predicted octanol–water partition coefficient (Wildman–Crippen LogP) is 3.29. The number of halogens is 3. The Balaban J connectivity index is 1.61. The maximum Gasteiger partial charge on any atom is 0.246 e. The van der Waals surface area contributed by atoms with Crippen molar-refractivity contribution in [2.45, 2.75) is 31.4 Å². The molecule has 31 heavy (non-hydrogen) atoms. The van der Waals surface area contributed by atoms with E-state index in [1.165, 1.54) is 16.8 Å². The second kappa shape index (κ2) is 8.25. The predicted molar refractivity (Wildman–Crippen MR) is 114 cm³/mol. The number of nitrogen functional groups attached to an aromatic ring is 1. The molecule has 0 amide bonds. The van der Waals surface area contributed by atoms with E-state index in [9.17, 15) is 14.6 Å². The third-order valence-corrected chi connectivity index (χ3v) is 5.91. The van der Waals surface area contributed by atoms with Crippen LogP contribution in [0.2, 0.25) is 10.0 Å². The van der Waals surface area contributed by atoms with Crippen LogP contribution in [0.5, 0.6) is 5.75 Å². The molecule has 0 saturated carbocycles. The van der Waals surface area contributed by atoms with E-state index in [0.29, 0.717) is 29.7 Å². The highest BCUT2D eigenvalue weighted by molar-refractivity contribution is 6.36. The molecule has 1 fully saturated rings. The van der Waals surface area contributed by atoms with E-state index >= 15 is 0 Å². The Kier molecular flexibility index (Phi) is 5.80. The maximum absolute atomic E-state index is 13.9. The molecule has 2 atom stereocenters. The highest BCUT2D eigenvalue weighted by Crippen LogP contribution is 2.37. The summed E-state index contributed by atoms with van der Waals surface area (Å²) in [6.45, 7) is 2.13. The first-order valence-corrected chi connectivity index (χ1v) is 10.2. The normalized spacial score (nSPS) is 18.8. The van der Waals surface area contributed by atoms with Crippen LogP contribution in [0.15, 0.2) is 36.8 Å². The van der Waals surface area contributed by atoms with Gasteiger partial charge < -0.3 is 20.7 Å². The van der Waals surface area contributed by atoms with E-state index in [4.69, 9.17) is 33.7 Å². The largest absolute Gasteiger partial charge is 0.482 e. The van der Waals surface area contributed by atoms with Gasteiger partial charge in [0.05, 0.1) is 11.2 Å². The Hall–Kier alpha value is -2.43. The fourth-order valence-corrected chi connectivity index (χ4v) is 4.24. The van der Waals surface area contributed by atoms with Crippen molar-refractivity contribution in [3.8, 4) is 16.9 Å². The van der Waals surface area contributed by atoms with E-state index < -0.39 is 23.9 Å². The van der Waals surface area contributed by atoms with Gasteiger partial charge in [-0.1, -0.05) is 23.2 Å². The fourth-order valence-electron chi connectivity index (χ4n) is 3.56. The molecular weight excluding hydrogens is 448 g/mol. The Morgan fingerprint density at radius 2 is 2.10 bits per heavy atom. The minimum atomic E-state index is -2.03. The highest BCUT2D eigenvalue weighted by Gasteiger charge is 2.41. The van der Waals surface area contributed by atoms with Crippen LogP contribution in [-0.4, -0.2) is 37.4 Å². The average Bonchev–Trinajstić information content (AvgIpc) is 3.32. The van der Waals surface area contributed by atoms with Crippen LogP contribution in [0.3, 0.4) is 0 Å². The van der Waals surface area contributed by atoms with Crippen LogP contribution >= 0.6 is 23.2 Å². The Morgan fingerprint density at radius 3 is 2.81 bits per heavy atom. The molecule has 3 aromatic rings. The molecule has 8 nitrogen and oxygen atoms in total. The molecule has 164 valence electrons. The van der Waals surface area contributed by atoms with Gasteiger partial charge in [0.1, 0.15) is 18.0 Å². The Morgan fingerprint density at radius 1 is 1.32 bits per heavy atom. The second-order valence-corrected chi connectivity index (χ2v) is 8.08. The quantitative estimate of drug-likeness (QED) is 0.335. The molecule has 2 aromatic heterocycles. The zero-order valence-corrected chi connectivity index (χ0v) is 17.9. The molecule has 1 aliphatic rings. The summed E-state index contributed by atoms with van der Waals surface area (Å²) in [6.07, 6.45) is 4.62. The first kappa shape index (κ1) is 21.8. The summed E-state index contributed by atoms with van der Waals surface area (Å²) in [5, 5.41) is 27.1. The van der Waals surface area contributed by atoms with Crippen molar-refractivity contribution >= 4 is 29.0 Å². The summed E-state index contributed by atoms with van der Waals surface area (Å²) >= 11 is 12.3. The number of anilines is 1. The van der Waals surface area contributed by atoms with Gasteiger partial charge in [0, 0.05) is 40.7 Å². The molecule has 3 heterocycles. The molecule has 11 heteroatoms. The van der Waals surface area contributed by atoms with Gasteiger partial charge in [0.25, 0.3) is 0 Å². The molecule has 2 unspecified atom stereocenters. The van der Waals surface area contributed by atoms with Crippen molar-refractivity contribution in [1.82, 2.24) is 20.1 Å². The number of nitrogens with two attached hydrogens (primary N) is 1. The molecule has 0 bridgehead atoms. The smallest absolute Gasteiger partial charge is 0.246 e. The van der Waals surface area contributed by atoms with Gasteiger partial charge in [0.2, 0.25) is 5.91 Å². The lowest BCUT2D eigenvalue weighted by atomic mass is 10.1. The number of ether oxygens (including phenoxy) is 1. The van der Waals surface area contributed by atoms with Gasteiger partial charge in [-0.15, -0.1) is 0 Å². The standard InChI is InChI=1S/C20H20Cl2FN5O3/c1-10(17-13(21)2-3-14(23)18(17)22)31-15-6-11(7-25-19(15)24)12-8-27-28(9-12)16-4-5-26-20(16,29)30/h2-3,6-10,16,26,29-30H,4-5H2,1H3,(H2,24,25). The molecule has 0 radical (unpaired) electrons. The monoisotopic (exact) mass is 467 g/mol. The van der Waals surface area contributed by atoms with Crippen LogP contribution < -0.4 is 15.8 Å². The lowest BCUT2D eigenvalue weighted by Crippen LogP contribution is -2.45. The lowest BCUT2D eigenvalue weighted by Gasteiger charge is -2.23. The third-order valence-electron chi connectivity index (χ3n) is 5.19. The lowest BCUT2D eigenvalue weighted by molar-refractivity contribution is -0.198. The molecule has 0 spiro atoms. The third kappa shape index (κ3) is 4.19. The molecule has 4 rings (SSSR count). The minimum Gasteiger partial charge on any atom is -0.482 e. The number of aliphatic hydroxyl groups is 2. The van der Waals surface area contributed by atoms with E-state index in [2.05, 4.69) is 15.4 Å². The summed E-state index contributed by atoms with van der Waals surface area (Å²) in [5.74, 6) is -2.24. The Labute approximate surface area is 187 Å². The number of hydrogen-bond acceptors (Lipinski definition) is 7. The van der Waals surface area contributed by atoms with Crippen LogP contribution in [0.25, 0.3) is 11.1 Å². The molecule has 0 aliphatic carbocycles. The minimum absolute atomic E-state index is 0.120. The fraction of sp³-hybridized carbons (Fsp3) is 0.300. The molecule has 1 aromatic carbocycles. The summed E-state index contributed by atoms with van der Waals surface area (Å²) in [5.41, 5.74) is 7.59. The van der Waals surface area contributed by atoms with Gasteiger partial charge in [-0.2, -0.15) is 5.10 Å². The Bertz CT molecular complexity index is 1120. The van der Waals surface area contributed by atoms with Crippen molar-refractivity contribution < 1.29 is 19.3 Å². The number of nitrogens with zero attached hydrogens (tertiary/aromatic N) is 3. The van der Waals surface area contributed by atoms with Gasteiger partial charge in [0.15, 0.2) is 11.6 Å². The van der Waals surface area contributed by atoms with Gasteiger partial charge in [-0.25, -0.2) is 9.37 Å². The summed E-state index contributed by atoms with van der Waals surface area (Å²) in [6, 6.07) is 3.63. The molecule has 1 aliphatic heterocycles. The van der Waals surface area contributed by atoms with Gasteiger partial charge in [-0.05, 0) is 31.5 Å². The number of pyridine rings is 1. The SMILES string of the molecule is CC(Oc1cc(-c2cnn(C3CCNC3(O)O)c2)cnc1N)c1c(Cl)ccc(F)c1Cl. The average molecular weight is 468 g/mol. The number of aromatic nitrogens is 3. The molecule has 5 N–H and O–H groups in total. The van der Waals surface area contributed by atoms with Crippen molar-refractivity contribution in [3.63, 3.8) is 0 Å². The van der Waals surface area contributed by atoms with Crippen molar-refractivity contribution in [1.29, 1.82) is 0 Å². The second-order valence-electron chi connectivity index (χ2n) is 7.29. The number of nitrogens with one attached hydrogen (secondary N) is 1. The molecule has 1 saturated heterocycles. The number of rotatable bonds is 5. The van der Waals surface area contributed by atoms with E-state index in [1.54, 1.807) is 31.6 Å². The van der Waals surface area contributed by atoms with Crippen LogP contribution in [0, 0.1) is 5.82 Å². The van der Waals surface area contributed by atoms with Gasteiger partial charge >= 0.3 is 0 Å². The van der Waals surface area contributed by atoms with E-state index in [-0.39, 0.29) is 21.6 Å². The van der Waals surface area contributed by atoms with Crippen LogP contribution in [-0.2, 0) is 0 Å².